The minimum absolute atomic E-state index is 0.0404. The van der Waals surface area contributed by atoms with Crippen LogP contribution in [0.4, 0.5) is 5.95 Å². The smallest absolute Gasteiger partial charge is 0.280 e. The Kier molecular flexibility index (Phi) is 6.60. The molecule has 2 aromatic heterocycles. The fraction of sp³-hybridized carbons (Fsp3) is 0.545. The lowest BCUT2D eigenvalue weighted by molar-refractivity contribution is -0.337. The van der Waals surface area contributed by atoms with Crippen LogP contribution < -0.4 is 30.9 Å². The maximum atomic E-state index is 11.8. The maximum Gasteiger partial charge on any atom is 0.280 e. The highest BCUT2D eigenvalue weighted by Gasteiger charge is 2.37. The van der Waals surface area contributed by atoms with Gasteiger partial charge in [0.15, 0.2) is 11.2 Å². The minimum Gasteiger partial charge on any atom is -0.790 e. The summed E-state index contributed by atoms with van der Waals surface area (Å²) in [5.41, 5.74) is 4.86. The number of rotatable bonds is 8. The van der Waals surface area contributed by atoms with Crippen LogP contribution in [-0.4, -0.2) is 49.3 Å². The molecular formula is C11H14N5O12P3-4. The molecule has 3 rings (SSSR count). The second kappa shape index (κ2) is 8.46. The van der Waals surface area contributed by atoms with Crippen molar-refractivity contribution in [2.45, 2.75) is 24.9 Å². The molecular weight excluding hydrogens is 487 g/mol. The van der Waals surface area contributed by atoms with E-state index in [4.69, 9.17) is 10.5 Å². The number of nitrogen functional groups attached to an aromatic ring is 1. The van der Waals surface area contributed by atoms with Crippen molar-refractivity contribution in [1.82, 2.24) is 19.5 Å². The van der Waals surface area contributed by atoms with Crippen LogP contribution in [0.25, 0.3) is 11.2 Å². The van der Waals surface area contributed by atoms with Crippen molar-refractivity contribution in [3.05, 3.63) is 16.7 Å². The van der Waals surface area contributed by atoms with Crippen LogP contribution in [0, 0.1) is 0 Å². The highest BCUT2D eigenvalue weighted by atomic mass is 31.3. The first-order valence-electron chi connectivity index (χ1n) is 8.20. The van der Waals surface area contributed by atoms with Gasteiger partial charge < -0.3 is 57.7 Å². The normalized spacial score (nSPS) is 26.0. The number of imidazole rings is 1. The van der Waals surface area contributed by atoms with E-state index in [0.29, 0.717) is 0 Å². The summed E-state index contributed by atoms with van der Waals surface area (Å²) < 4.78 is 48.0. The van der Waals surface area contributed by atoms with Gasteiger partial charge in [-0.2, -0.15) is 4.98 Å². The SMILES string of the molecule is Nc1nc2c(ncn2[C@H]2C[C@H](O)[C@@H](COP(=O)([O-])CP(=O)([O-])OP(=O)([O-])[O-])O2)c(=O)[nH]1. The number of phosphoric acid groups is 1. The van der Waals surface area contributed by atoms with Gasteiger partial charge in [0, 0.05) is 6.42 Å². The van der Waals surface area contributed by atoms with Crippen LogP contribution in [0.5, 0.6) is 0 Å². The van der Waals surface area contributed by atoms with E-state index < -0.39 is 59.5 Å². The van der Waals surface area contributed by atoms with Gasteiger partial charge in [-0.15, -0.1) is 0 Å². The highest BCUT2D eigenvalue weighted by molar-refractivity contribution is 7.72. The van der Waals surface area contributed by atoms with E-state index in [0.717, 1.165) is 0 Å². The number of aliphatic hydroxyl groups excluding tert-OH is 1. The summed E-state index contributed by atoms with van der Waals surface area (Å²) >= 11 is 0. The molecule has 0 radical (unpaired) electrons. The van der Waals surface area contributed by atoms with E-state index in [2.05, 4.69) is 23.8 Å². The van der Waals surface area contributed by atoms with Gasteiger partial charge in [-0.05, 0) is 0 Å². The number of hydrogen-bond donors (Lipinski definition) is 3. The predicted molar refractivity (Wildman–Crippen MR) is 91.8 cm³/mol. The zero-order valence-corrected chi connectivity index (χ0v) is 17.8. The molecule has 2 aromatic rings. The number of anilines is 1. The average molecular weight is 501 g/mol. The van der Waals surface area contributed by atoms with Crippen molar-refractivity contribution in [1.29, 1.82) is 0 Å². The lowest BCUT2D eigenvalue weighted by atomic mass is 10.2. The summed E-state index contributed by atoms with van der Waals surface area (Å²) in [4.78, 5) is 65.8. The van der Waals surface area contributed by atoms with E-state index in [-0.39, 0.29) is 23.5 Å². The van der Waals surface area contributed by atoms with Gasteiger partial charge in [0.05, 0.1) is 32.8 Å². The summed E-state index contributed by atoms with van der Waals surface area (Å²) in [6.45, 7) is -0.840. The van der Waals surface area contributed by atoms with Gasteiger partial charge in [-0.25, -0.2) is 4.98 Å². The quantitative estimate of drug-likeness (QED) is 0.293. The molecule has 1 aliphatic heterocycles. The fourth-order valence-electron chi connectivity index (χ4n) is 2.81. The van der Waals surface area contributed by atoms with E-state index in [1.165, 1.54) is 10.9 Å². The van der Waals surface area contributed by atoms with E-state index >= 15 is 0 Å². The molecule has 0 amide bonds. The van der Waals surface area contributed by atoms with Crippen LogP contribution >= 0.6 is 23.0 Å². The fourth-order valence-corrected chi connectivity index (χ4v) is 7.10. The van der Waals surface area contributed by atoms with Gasteiger partial charge in [0.25, 0.3) is 5.56 Å². The van der Waals surface area contributed by atoms with Gasteiger partial charge in [0.1, 0.15) is 27.5 Å². The molecule has 0 aromatic carbocycles. The number of aliphatic hydroxyl groups is 1. The average Bonchev–Trinajstić information content (AvgIpc) is 3.13. The van der Waals surface area contributed by atoms with Crippen molar-refractivity contribution >= 4 is 40.1 Å². The molecule has 17 nitrogen and oxygen atoms in total. The molecule has 0 bridgehead atoms. The second-order valence-corrected chi connectivity index (χ2v) is 11.8. The number of aromatic nitrogens is 4. The molecule has 2 unspecified atom stereocenters. The van der Waals surface area contributed by atoms with Crippen molar-refractivity contribution < 1.29 is 51.9 Å². The van der Waals surface area contributed by atoms with E-state index in [1.54, 1.807) is 0 Å². The van der Waals surface area contributed by atoms with Gasteiger partial charge in [-0.1, -0.05) is 0 Å². The van der Waals surface area contributed by atoms with Crippen molar-refractivity contribution in [2.75, 3.05) is 18.2 Å². The lowest BCUT2D eigenvalue weighted by Gasteiger charge is -2.38. The minimum atomic E-state index is -5.99. The van der Waals surface area contributed by atoms with Crippen molar-refractivity contribution in [3.8, 4) is 0 Å². The largest absolute Gasteiger partial charge is 0.790 e. The standard InChI is InChI=1S/C11H18N5O12P3/c12-11-14-9-8(10(18)15-11)13-3-16(9)7-1-5(17)6(27-7)2-26-29(19,20)4-30(21,22)28-31(23,24)25/h3,5-7,17H,1-2,4H2,(H,19,20)(H,21,22)(H2,23,24,25)(H3,12,14,15,18)/p-4/t5-,6+,7+/m0/s1. The Hall–Kier alpha value is -1.48. The van der Waals surface area contributed by atoms with Gasteiger partial charge in [-0.3, -0.25) is 14.3 Å². The Balaban J connectivity index is 1.67. The third-order valence-electron chi connectivity index (χ3n) is 3.97. The number of nitrogens with two attached hydrogens (primary N) is 1. The number of H-pyrrole nitrogens is 1. The Morgan fingerprint density at radius 2 is 1.97 bits per heavy atom. The van der Waals surface area contributed by atoms with Crippen LogP contribution in [0.1, 0.15) is 12.6 Å². The first-order chi connectivity index (χ1) is 14.2. The topological polar surface area (TPSA) is 281 Å². The summed E-state index contributed by atoms with van der Waals surface area (Å²) in [5, 5.41) is 10.1. The molecule has 1 fully saturated rings. The number of nitrogens with zero attached hydrogens (tertiary/aromatic N) is 3. The summed E-state index contributed by atoms with van der Waals surface area (Å²) in [7, 11) is -16.8. The molecule has 20 heteroatoms. The van der Waals surface area contributed by atoms with Crippen LogP contribution in [0.3, 0.4) is 0 Å². The highest BCUT2D eigenvalue weighted by Crippen LogP contribution is 2.58. The molecule has 3 heterocycles. The Morgan fingerprint density at radius 3 is 2.61 bits per heavy atom. The number of fused-ring (bicyclic) bond motifs is 1. The first kappa shape index (κ1) is 24.2. The monoisotopic (exact) mass is 501 g/mol. The molecule has 1 saturated heterocycles. The van der Waals surface area contributed by atoms with Gasteiger partial charge >= 0.3 is 0 Å². The zero-order valence-electron chi connectivity index (χ0n) is 15.1. The third kappa shape index (κ3) is 6.06. The van der Waals surface area contributed by atoms with Gasteiger partial charge in [0.2, 0.25) is 5.95 Å². The van der Waals surface area contributed by atoms with E-state index in [1.807, 2.05) is 0 Å². The van der Waals surface area contributed by atoms with Crippen LogP contribution in [-0.2, 0) is 27.3 Å². The molecule has 5 atom stereocenters. The number of nitrogens with one attached hydrogen (secondary N) is 1. The van der Waals surface area contributed by atoms with Crippen molar-refractivity contribution in [2.24, 2.45) is 0 Å². The molecule has 174 valence electrons. The summed E-state index contributed by atoms with van der Waals surface area (Å²) in [6.07, 6.45) is -2.40. The molecule has 0 aliphatic carbocycles. The van der Waals surface area contributed by atoms with E-state index in [9.17, 15) is 43.2 Å². The van der Waals surface area contributed by atoms with Crippen LogP contribution in [0.2, 0.25) is 0 Å². The number of hydrogen-bond acceptors (Lipinski definition) is 15. The Bertz CT molecular complexity index is 1170. The molecule has 4 N–H and O–H groups in total. The predicted octanol–water partition coefficient (Wildman–Crippen LogP) is -3.72. The summed E-state index contributed by atoms with van der Waals surface area (Å²) in [5.74, 6) is -2.10. The molecule has 0 saturated carbocycles. The summed E-state index contributed by atoms with van der Waals surface area (Å²) in [6, 6.07) is 0. The Labute approximate surface area is 172 Å². The maximum absolute atomic E-state index is 11.8. The number of aromatic amines is 1. The third-order valence-corrected chi connectivity index (χ3v) is 9.08. The number of ether oxygens (including phenoxy) is 1. The zero-order chi connectivity index (χ0) is 23.2. The van der Waals surface area contributed by atoms with Crippen molar-refractivity contribution in [3.63, 3.8) is 0 Å². The molecule has 0 spiro atoms. The second-order valence-electron chi connectivity index (χ2n) is 6.40. The molecule has 1 aliphatic rings. The lowest BCUT2D eigenvalue weighted by Crippen LogP contribution is -2.28. The van der Waals surface area contributed by atoms with Crippen LogP contribution in [0.15, 0.2) is 11.1 Å². The Morgan fingerprint density at radius 1 is 1.29 bits per heavy atom. The molecule has 31 heavy (non-hydrogen) atoms. The first-order valence-corrected chi connectivity index (χ1v) is 13.1.